The number of likely N-dealkylation sites (N-methyl/N-ethyl adjacent to an activating group) is 1. The molecule has 2 amide bonds. The number of hydrogen-bond acceptors (Lipinski definition) is 4. The van der Waals surface area contributed by atoms with Gasteiger partial charge in [0.05, 0.1) is 13.7 Å². The zero-order valence-electron chi connectivity index (χ0n) is 18.9. The van der Waals surface area contributed by atoms with Crippen molar-refractivity contribution in [1.82, 2.24) is 4.90 Å². The maximum atomic E-state index is 13.2. The summed E-state index contributed by atoms with van der Waals surface area (Å²) in [5.41, 5.74) is 4.27. The number of methoxy groups -OCH3 is 1. The minimum absolute atomic E-state index is 0.0589. The molecule has 0 saturated carbocycles. The first-order valence-electron chi connectivity index (χ1n) is 10.4. The number of carbonyl (C=O) groups excluding carboxylic acids is 2. The van der Waals surface area contributed by atoms with Crippen LogP contribution in [-0.4, -0.2) is 37.4 Å². The minimum atomic E-state index is -0.637. The van der Waals surface area contributed by atoms with Crippen LogP contribution in [-0.2, 0) is 9.59 Å². The van der Waals surface area contributed by atoms with E-state index in [1.54, 1.807) is 43.3 Å². The van der Waals surface area contributed by atoms with Gasteiger partial charge in [0.2, 0.25) is 11.8 Å². The van der Waals surface area contributed by atoms with Gasteiger partial charge >= 0.3 is 0 Å². The second kappa shape index (κ2) is 10.6. The molecule has 166 valence electrons. The summed E-state index contributed by atoms with van der Waals surface area (Å²) in [6, 6.07) is 21.8. The molecule has 0 aliphatic rings. The molecule has 3 aromatic carbocycles. The van der Waals surface area contributed by atoms with E-state index >= 15 is 0 Å². The average molecular weight is 432 g/mol. The summed E-state index contributed by atoms with van der Waals surface area (Å²) in [5.74, 6) is 0.315. The lowest BCUT2D eigenvalue weighted by atomic mass is 10.0. The fraction of sp³-hybridized carbons (Fsp3) is 0.231. The fourth-order valence-corrected chi connectivity index (χ4v) is 3.63. The van der Waals surface area contributed by atoms with Crippen LogP contribution in [0.25, 0.3) is 0 Å². The highest BCUT2D eigenvalue weighted by molar-refractivity contribution is 5.97. The molecular formula is C26H29N3O3. The standard InChI is InChI=1S/C26H29N3O3/c1-18-9-8-10-19(2)24(18)28-23(30)17-29(3)25(20-11-6-5-7-12-20)26(31)27-21-13-15-22(32-4)16-14-21/h5-16,25H,17H2,1-4H3,(H,27,31)(H,28,30). The Labute approximate surface area is 189 Å². The number of anilines is 2. The Bertz CT molecular complexity index is 1050. The van der Waals surface area contributed by atoms with E-state index in [2.05, 4.69) is 10.6 Å². The third-order valence-electron chi connectivity index (χ3n) is 5.30. The molecule has 2 N–H and O–H groups in total. The molecule has 0 bridgehead atoms. The second-order valence-electron chi connectivity index (χ2n) is 7.76. The van der Waals surface area contributed by atoms with Crippen LogP contribution in [0.5, 0.6) is 5.75 Å². The van der Waals surface area contributed by atoms with Crippen LogP contribution < -0.4 is 15.4 Å². The number of benzene rings is 3. The van der Waals surface area contributed by atoms with Gasteiger partial charge in [-0.2, -0.15) is 0 Å². The summed E-state index contributed by atoms with van der Waals surface area (Å²) in [7, 11) is 3.37. The first-order valence-corrected chi connectivity index (χ1v) is 10.4. The van der Waals surface area contributed by atoms with Crippen LogP contribution in [0.2, 0.25) is 0 Å². The van der Waals surface area contributed by atoms with Gasteiger partial charge in [0.25, 0.3) is 0 Å². The summed E-state index contributed by atoms with van der Waals surface area (Å²) in [4.78, 5) is 27.8. The van der Waals surface area contributed by atoms with E-state index in [-0.39, 0.29) is 18.4 Å². The number of nitrogens with zero attached hydrogens (tertiary/aromatic N) is 1. The van der Waals surface area contributed by atoms with Gasteiger partial charge in [0.15, 0.2) is 0 Å². The first-order chi connectivity index (χ1) is 15.4. The molecule has 1 unspecified atom stereocenters. The molecule has 3 rings (SSSR count). The Kier molecular flexibility index (Phi) is 7.63. The summed E-state index contributed by atoms with van der Waals surface area (Å²) >= 11 is 0. The van der Waals surface area contributed by atoms with E-state index in [9.17, 15) is 9.59 Å². The molecule has 0 radical (unpaired) electrons. The van der Waals surface area contributed by atoms with Crippen molar-refractivity contribution in [2.75, 3.05) is 31.3 Å². The third-order valence-corrected chi connectivity index (χ3v) is 5.30. The molecule has 3 aromatic rings. The quantitative estimate of drug-likeness (QED) is 0.548. The van der Waals surface area contributed by atoms with E-state index in [1.807, 2.05) is 62.4 Å². The van der Waals surface area contributed by atoms with Gasteiger partial charge in [-0.15, -0.1) is 0 Å². The Morgan fingerprint density at radius 2 is 1.50 bits per heavy atom. The van der Waals surface area contributed by atoms with Gasteiger partial charge in [-0.3, -0.25) is 14.5 Å². The highest BCUT2D eigenvalue weighted by Gasteiger charge is 2.27. The Balaban J connectivity index is 1.77. The molecule has 32 heavy (non-hydrogen) atoms. The number of hydrogen-bond donors (Lipinski definition) is 2. The van der Waals surface area contributed by atoms with Crippen molar-refractivity contribution in [2.24, 2.45) is 0 Å². The normalized spacial score (nSPS) is 11.7. The van der Waals surface area contributed by atoms with E-state index < -0.39 is 6.04 Å². The van der Waals surface area contributed by atoms with Crippen LogP contribution >= 0.6 is 0 Å². The zero-order valence-corrected chi connectivity index (χ0v) is 18.9. The van der Waals surface area contributed by atoms with E-state index in [1.165, 1.54) is 0 Å². The van der Waals surface area contributed by atoms with Crippen molar-refractivity contribution in [3.05, 3.63) is 89.5 Å². The number of para-hydroxylation sites is 1. The zero-order chi connectivity index (χ0) is 23.1. The predicted molar refractivity (Wildman–Crippen MR) is 128 cm³/mol. The fourth-order valence-electron chi connectivity index (χ4n) is 3.63. The predicted octanol–water partition coefficient (Wildman–Crippen LogP) is 4.56. The van der Waals surface area contributed by atoms with Crippen LogP contribution in [0.1, 0.15) is 22.7 Å². The molecule has 6 heteroatoms. The molecule has 6 nitrogen and oxygen atoms in total. The van der Waals surface area contributed by atoms with Gasteiger partial charge in [-0.05, 0) is 61.9 Å². The van der Waals surface area contributed by atoms with Crippen LogP contribution in [0, 0.1) is 13.8 Å². The van der Waals surface area contributed by atoms with Gasteiger partial charge in [0, 0.05) is 11.4 Å². The van der Waals surface area contributed by atoms with Crippen molar-refractivity contribution in [3.8, 4) is 5.75 Å². The van der Waals surface area contributed by atoms with Gasteiger partial charge in [-0.25, -0.2) is 0 Å². The molecule has 0 aromatic heterocycles. The number of carbonyl (C=O) groups is 2. The van der Waals surface area contributed by atoms with Crippen LogP contribution in [0.4, 0.5) is 11.4 Å². The monoisotopic (exact) mass is 431 g/mol. The second-order valence-corrected chi connectivity index (χ2v) is 7.76. The van der Waals surface area contributed by atoms with Gasteiger partial charge < -0.3 is 15.4 Å². The van der Waals surface area contributed by atoms with Crippen LogP contribution in [0.15, 0.2) is 72.8 Å². The van der Waals surface area contributed by atoms with Crippen molar-refractivity contribution in [1.29, 1.82) is 0 Å². The molecule has 0 fully saturated rings. The average Bonchev–Trinajstić information content (AvgIpc) is 2.78. The highest BCUT2D eigenvalue weighted by Crippen LogP contribution is 2.24. The van der Waals surface area contributed by atoms with Crippen LogP contribution in [0.3, 0.4) is 0 Å². The van der Waals surface area contributed by atoms with Gasteiger partial charge in [0.1, 0.15) is 11.8 Å². The smallest absolute Gasteiger partial charge is 0.246 e. The number of amides is 2. The third kappa shape index (κ3) is 5.74. The number of aryl methyl sites for hydroxylation is 2. The number of nitrogens with one attached hydrogen (secondary N) is 2. The maximum Gasteiger partial charge on any atom is 0.246 e. The minimum Gasteiger partial charge on any atom is -0.497 e. The summed E-state index contributed by atoms with van der Waals surface area (Å²) in [6.07, 6.45) is 0. The molecule has 0 spiro atoms. The lowest BCUT2D eigenvalue weighted by molar-refractivity contribution is -0.123. The summed E-state index contributed by atoms with van der Waals surface area (Å²) in [6.45, 7) is 3.98. The lowest BCUT2D eigenvalue weighted by Crippen LogP contribution is -2.39. The lowest BCUT2D eigenvalue weighted by Gasteiger charge is -2.27. The molecule has 0 heterocycles. The van der Waals surface area contributed by atoms with E-state index in [0.29, 0.717) is 11.4 Å². The van der Waals surface area contributed by atoms with Crippen molar-refractivity contribution >= 4 is 23.2 Å². The SMILES string of the molecule is COc1ccc(NC(=O)C(c2ccccc2)N(C)CC(=O)Nc2c(C)cccc2C)cc1. The number of ether oxygens (including phenoxy) is 1. The molecular weight excluding hydrogens is 402 g/mol. The number of rotatable bonds is 8. The van der Waals surface area contributed by atoms with Crippen molar-refractivity contribution < 1.29 is 14.3 Å². The Hall–Kier alpha value is -3.64. The van der Waals surface area contributed by atoms with Crippen molar-refractivity contribution in [2.45, 2.75) is 19.9 Å². The molecule has 0 aliphatic heterocycles. The maximum absolute atomic E-state index is 13.2. The summed E-state index contributed by atoms with van der Waals surface area (Å²) in [5, 5.41) is 5.94. The largest absolute Gasteiger partial charge is 0.497 e. The first kappa shape index (κ1) is 23.0. The Morgan fingerprint density at radius 1 is 0.875 bits per heavy atom. The van der Waals surface area contributed by atoms with E-state index in [0.717, 1.165) is 22.4 Å². The molecule has 1 atom stereocenters. The Morgan fingerprint density at radius 3 is 2.09 bits per heavy atom. The molecule has 0 saturated heterocycles. The topological polar surface area (TPSA) is 70.7 Å². The molecule has 0 aliphatic carbocycles. The highest BCUT2D eigenvalue weighted by atomic mass is 16.5. The summed E-state index contributed by atoms with van der Waals surface area (Å²) < 4.78 is 5.17. The van der Waals surface area contributed by atoms with E-state index in [4.69, 9.17) is 4.74 Å². The van der Waals surface area contributed by atoms with Crippen molar-refractivity contribution in [3.63, 3.8) is 0 Å². The van der Waals surface area contributed by atoms with Gasteiger partial charge in [-0.1, -0.05) is 48.5 Å².